The molecule has 1 aromatic carbocycles. The zero-order valence-electron chi connectivity index (χ0n) is 12.6. The molecule has 2 rings (SSSR count). The summed E-state index contributed by atoms with van der Waals surface area (Å²) in [6, 6.07) is 7.94. The highest BCUT2D eigenvalue weighted by atomic mass is 16.5. The van der Waals surface area contributed by atoms with Crippen LogP contribution in [0.3, 0.4) is 0 Å². The molecule has 0 bridgehead atoms. The maximum Gasteiger partial charge on any atom is 0.134 e. The molecule has 0 saturated heterocycles. The normalized spacial score (nSPS) is 14.3. The average molecular weight is 273 g/mol. The van der Waals surface area contributed by atoms with Crippen molar-refractivity contribution in [3.63, 3.8) is 0 Å². The summed E-state index contributed by atoms with van der Waals surface area (Å²) in [6.45, 7) is 6.99. The molecule has 3 N–H and O–H groups in total. The Morgan fingerprint density at radius 3 is 2.65 bits per heavy atom. The van der Waals surface area contributed by atoms with Crippen LogP contribution in [0.25, 0.3) is 10.8 Å². The van der Waals surface area contributed by atoms with Gasteiger partial charge in [0.15, 0.2) is 0 Å². The van der Waals surface area contributed by atoms with Gasteiger partial charge < -0.3 is 15.8 Å². The first-order valence-electron chi connectivity index (χ1n) is 6.92. The predicted molar refractivity (Wildman–Crippen MR) is 84.2 cm³/mol. The standard InChI is InChI=1S/C16H23N3O/c1-11(2)16(3,10-17)19-15-13-6-5-7-14(20-4)12(13)8-9-18-15/h5-9,11H,10,17H2,1-4H3,(H,18,19). The third-order valence-electron chi connectivity index (χ3n) is 4.09. The maximum absolute atomic E-state index is 5.94. The van der Waals surface area contributed by atoms with Gasteiger partial charge in [0.2, 0.25) is 0 Å². The number of hydrogen-bond donors (Lipinski definition) is 2. The van der Waals surface area contributed by atoms with Crippen molar-refractivity contribution < 1.29 is 4.74 Å². The second kappa shape index (κ2) is 5.67. The number of nitrogens with zero attached hydrogens (tertiary/aromatic N) is 1. The van der Waals surface area contributed by atoms with Gasteiger partial charge in [0, 0.05) is 23.5 Å². The molecule has 0 aliphatic heterocycles. The van der Waals surface area contributed by atoms with Gasteiger partial charge in [-0.3, -0.25) is 0 Å². The minimum atomic E-state index is -0.190. The molecule has 108 valence electrons. The van der Waals surface area contributed by atoms with Crippen molar-refractivity contribution in [1.29, 1.82) is 0 Å². The summed E-state index contributed by atoms with van der Waals surface area (Å²) in [4.78, 5) is 4.48. The number of hydrogen-bond acceptors (Lipinski definition) is 4. The summed E-state index contributed by atoms with van der Waals surface area (Å²) in [5, 5.41) is 5.61. The van der Waals surface area contributed by atoms with E-state index in [-0.39, 0.29) is 5.54 Å². The Morgan fingerprint density at radius 1 is 1.30 bits per heavy atom. The molecular weight excluding hydrogens is 250 g/mol. The van der Waals surface area contributed by atoms with Crippen molar-refractivity contribution in [1.82, 2.24) is 4.98 Å². The van der Waals surface area contributed by atoms with E-state index >= 15 is 0 Å². The van der Waals surface area contributed by atoms with Crippen LogP contribution >= 0.6 is 0 Å². The van der Waals surface area contributed by atoms with Gasteiger partial charge in [-0.25, -0.2) is 4.98 Å². The van der Waals surface area contributed by atoms with Crippen LogP contribution in [0.2, 0.25) is 0 Å². The first-order valence-corrected chi connectivity index (χ1v) is 6.92. The Morgan fingerprint density at radius 2 is 2.05 bits per heavy atom. The van der Waals surface area contributed by atoms with Crippen molar-refractivity contribution in [3.8, 4) is 5.75 Å². The van der Waals surface area contributed by atoms with Crippen LogP contribution in [0, 0.1) is 5.92 Å². The minimum absolute atomic E-state index is 0.190. The number of pyridine rings is 1. The summed E-state index contributed by atoms with van der Waals surface area (Å²) in [5.74, 6) is 2.10. The molecule has 1 atom stereocenters. The van der Waals surface area contributed by atoms with Gasteiger partial charge in [0.1, 0.15) is 11.6 Å². The predicted octanol–water partition coefficient (Wildman–Crippen LogP) is 3.03. The topological polar surface area (TPSA) is 60.2 Å². The van der Waals surface area contributed by atoms with Crippen LogP contribution in [-0.4, -0.2) is 24.2 Å². The van der Waals surface area contributed by atoms with E-state index in [0.29, 0.717) is 12.5 Å². The fraction of sp³-hybridized carbons (Fsp3) is 0.438. The highest BCUT2D eigenvalue weighted by molar-refractivity contribution is 5.96. The van der Waals surface area contributed by atoms with Crippen LogP contribution in [0.1, 0.15) is 20.8 Å². The molecule has 1 unspecified atom stereocenters. The molecule has 1 heterocycles. The molecule has 2 aromatic rings. The maximum atomic E-state index is 5.94. The first-order chi connectivity index (χ1) is 9.51. The van der Waals surface area contributed by atoms with Crippen LogP contribution in [0.5, 0.6) is 5.75 Å². The summed E-state index contributed by atoms with van der Waals surface area (Å²) in [7, 11) is 1.68. The van der Waals surface area contributed by atoms with Gasteiger partial charge >= 0.3 is 0 Å². The quantitative estimate of drug-likeness (QED) is 0.879. The molecule has 0 fully saturated rings. The molecule has 1 aromatic heterocycles. The zero-order valence-corrected chi connectivity index (χ0v) is 12.6. The van der Waals surface area contributed by atoms with Crippen LogP contribution < -0.4 is 15.8 Å². The van der Waals surface area contributed by atoms with Gasteiger partial charge in [0.25, 0.3) is 0 Å². The summed E-state index contributed by atoms with van der Waals surface area (Å²) in [6.07, 6.45) is 1.80. The Bertz CT molecular complexity index is 597. The van der Waals surface area contributed by atoms with E-state index < -0.39 is 0 Å². The molecule has 0 saturated carbocycles. The molecule has 0 aliphatic carbocycles. The number of fused-ring (bicyclic) bond motifs is 1. The average Bonchev–Trinajstić information content (AvgIpc) is 2.46. The van der Waals surface area contributed by atoms with Crippen molar-refractivity contribution in [2.45, 2.75) is 26.3 Å². The van der Waals surface area contributed by atoms with Crippen molar-refractivity contribution >= 4 is 16.6 Å². The molecular formula is C16H23N3O. The fourth-order valence-corrected chi connectivity index (χ4v) is 2.16. The zero-order chi connectivity index (χ0) is 14.8. The van der Waals surface area contributed by atoms with E-state index in [2.05, 4.69) is 31.1 Å². The highest BCUT2D eigenvalue weighted by Gasteiger charge is 2.27. The third-order valence-corrected chi connectivity index (χ3v) is 4.09. The minimum Gasteiger partial charge on any atom is -0.496 e. The molecule has 0 spiro atoms. The third kappa shape index (κ3) is 2.56. The Kier molecular flexibility index (Phi) is 4.14. The molecule has 0 amide bonds. The number of ether oxygens (including phenoxy) is 1. The summed E-state index contributed by atoms with van der Waals surface area (Å²) >= 11 is 0. The number of aromatic nitrogens is 1. The van der Waals surface area contributed by atoms with Crippen molar-refractivity contribution in [2.75, 3.05) is 19.0 Å². The molecule has 20 heavy (non-hydrogen) atoms. The Balaban J connectivity index is 2.50. The number of anilines is 1. The van der Waals surface area contributed by atoms with E-state index in [1.807, 2.05) is 24.3 Å². The molecule has 4 heteroatoms. The van der Waals surface area contributed by atoms with Gasteiger partial charge in [0.05, 0.1) is 12.6 Å². The molecule has 0 aliphatic rings. The summed E-state index contributed by atoms with van der Waals surface area (Å²) < 4.78 is 5.41. The number of methoxy groups -OCH3 is 1. The van der Waals surface area contributed by atoms with Crippen LogP contribution in [0.4, 0.5) is 5.82 Å². The van der Waals surface area contributed by atoms with Crippen LogP contribution in [0.15, 0.2) is 30.5 Å². The molecule has 4 nitrogen and oxygen atoms in total. The number of nitrogens with one attached hydrogen (secondary N) is 1. The van der Waals surface area contributed by atoms with E-state index in [1.165, 1.54) is 0 Å². The lowest BCUT2D eigenvalue weighted by atomic mass is 9.88. The van der Waals surface area contributed by atoms with Gasteiger partial charge in [-0.05, 0) is 25.0 Å². The highest BCUT2D eigenvalue weighted by Crippen LogP contribution is 2.31. The molecule has 0 radical (unpaired) electrons. The van der Waals surface area contributed by atoms with E-state index in [9.17, 15) is 0 Å². The van der Waals surface area contributed by atoms with Crippen molar-refractivity contribution in [2.24, 2.45) is 11.7 Å². The van der Waals surface area contributed by atoms with E-state index in [4.69, 9.17) is 10.5 Å². The van der Waals surface area contributed by atoms with Gasteiger partial charge in [-0.2, -0.15) is 0 Å². The SMILES string of the molecule is COc1cccc2c(NC(C)(CN)C(C)C)nccc12. The lowest BCUT2D eigenvalue weighted by Crippen LogP contribution is -2.47. The number of nitrogens with two attached hydrogens (primary N) is 1. The van der Waals surface area contributed by atoms with Crippen molar-refractivity contribution in [3.05, 3.63) is 30.5 Å². The number of benzene rings is 1. The lowest BCUT2D eigenvalue weighted by molar-refractivity contribution is 0.382. The van der Waals surface area contributed by atoms with Crippen LogP contribution in [-0.2, 0) is 0 Å². The van der Waals surface area contributed by atoms with Gasteiger partial charge in [-0.1, -0.05) is 26.0 Å². The largest absolute Gasteiger partial charge is 0.496 e. The second-order valence-electron chi connectivity index (χ2n) is 5.62. The lowest BCUT2D eigenvalue weighted by Gasteiger charge is -2.34. The van der Waals surface area contributed by atoms with E-state index in [1.54, 1.807) is 13.3 Å². The first kappa shape index (κ1) is 14.6. The second-order valence-corrected chi connectivity index (χ2v) is 5.62. The smallest absolute Gasteiger partial charge is 0.134 e. The summed E-state index contributed by atoms with van der Waals surface area (Å²) in [5.41, 5.74) is 5.75. The number of rotatable bonds is 5. The fourth-order valence-electron chi connectivity index (χ4n) is 2.16. The Hall–Kier alpha value is -1.81. The van der Waals surface area contributed by atoms with E-state index in [0.717, 1.165) is 22.3 Å². The Labute approximate surface area is 120 Å². The monoisotopic (exact) mass is 273 g/mol. The van der Waals surface area contributed by atoms with Gasteiger partial charge in [-0.15, -0.1) is 0 Å².